The molecule has 28 heavy (non-hydrogen) atoms. The number of hydrogen-bond donors (Lipinski definition) is 2. The first kappa shape index (κ1) is 19.7. The van der Waals surface area contributed by atoms with Crippen LogP contribution in [0.25, 0.3) is 0 Å². The molecular weight excluding hydrogens is 363 g/mol. The molecule has 2 N–H and O–H groups in total. The Labute approximate surface area is 163 Å². The van der Waals surface area contributed by atoms with Gasteiger partial charge in [0.2, 0.25) is 5.91 Å². The Morgan fingerprint density at radius 1 is 1.18 bits per heavy atom. The number of benzene rings is 2. The molecule has 7 heteroatoms. The van der Waals surface area contributed by atoms with Crippen LogP contribution in [-0.4, -0.2) is 38.6 Å². The Bertz CT molecular complexity index is 839. The minimum absolute atomic E-state index is 0.143. The summed E-state index contributed by atoms with van der Waals surface area (Å²) in [5, 5.41) is 5.53. The van der Waals surface area contributed by atoms with Gasteiger partial charge in [0, 0.05) is 31.0 Å². The summed E-state index contributed by atoms with van der Waals surface area (Å²) in [4.78, 5) is 23.9. The van der Waals surface area contributed by atoms with E-state index in [1.54, 1.807) is 7.11 Å². The van der Waals surface area contributed by atoms with Crippen molar-refractivity contribution in [2.24, 2.45) is 5.92 Å². The number of methoxy groups -OCH3 is 1. The zero-order chi connectivity index (χ0) is 19.9. The normalized spacial score (nSPS) is 15.1. The van der Waals surface area contributed by atoms with Crippen molar-refractivity contribution in [1.82, 2.24) is 10.6 Å². The molecule has 2 aromatic carbocycles. The Hall–Kier alpha value is -3.09. The first-order valence-corrected chi connectivity index (χ1v) is 9.16. The first-order valence-electron chi connectivity index (χ1n) is 9.16. The summed E-state index contributed by atoms with van der Waals surface area (Å²) >= 11 is 0. The summed E-state index contributed by atoms with van der Waals surface area (Å²) in [6.45, 7) is 1.22. The molecule has 0 aromatic heterocycles. The molecule has 0 bridgehead atoms. The lowest BCUT2D eigenvalue weighted by Crippen LogP contribution is -2.36. The van der Waals surface area contributed by atoms with Gasteiger partial charge in [-0.1, -0.05) is 12.1 Å². The molecule has 0 fully saturated rings. The summed E-state index contributed by atoms with van der Waals surface area (Å²) in [7, 11) is 1.61. The molecule has 2 aromatic rings. The molecule has 0 saturated heterocycles. The molecular formula is C21H23FN2O4. The lowest BCUT2D eigenvalue weighted by Gasteiger charge is -2.26. The van der Waals surface area contributed by atoms with Crippen LogP contribution in [0.5, 0.6) is 11.5 Å². The van der Waals surface area contributed by atoms with Gasteiger partial charge in [-0.05, 0) is 42.3 Å². The van der Waals surface area contributed by atoms with E-state index in [1.165, 1.54) is 24.3 Å². The van der Waals surface area contributed by atoms with Gasteiger partial charge in [-0.25, -0.2) is 4.39 Å². The molecule has 0 saturated carbocycles. The molecule has 6 nitrogen and oxygen atoms in total. The van der Waals surface area contributed by atoms with Gasteiger partial charge in [0.05, 0.1) is 13.7 Å². The van der Waals surface area contributed by atoms with Crippen molar-refractivity contribution in [1.29, 1.82) is 0 Å². The van der Waals surface area contributed by atoms with Crippen LogP contribution in [0.4, 0.5) is 4.39 Å². The van der Waals surface area contributed by atoms with Crippen LogP contribution < -0.4 is 20.1 Å². The van der Waals surface area contributed by atoms with E-state index >= 15 is 0 Å². The van der Waals surface area contributed by atoms with Gasteiger partial charge in [-0.15, -0.1) is 0 Å². The van der Waals surface area contributed by atoms with Gasteiger partial charge in [-0.3, -0.25) is 9.59 Å². The fourth-order valence-corrected chi connectivity index (χ4v) is 3.09. The maximum atomic E-state index is 12.9. The lowest BCUT2D eigenvalue weighted by molar-refractivity contribution is -0.121. The Kier molecular flexibility index (Phi) is 6.47. The summed E-state index contributed by atoms with van der Waals surface area (Å²) in [6.07, 6.45) is 0.971. The number of halogens is 1. The SMILES string of the molecule is COc1cccc2c1OC[C@H](CNC(=O)CCNC(=O)c1ccc(F)cc1)C2. The predicted octanol–water partition coefficient (Wildman–Crippen LogP) is 2.32. The van der Waals surface area contributed by atoms with E-state index < -0.39 is 5.82 Å². The van der Waals surface area contributed by atoms with Crippen molar-refractivity contribution in [3.8, 4) is 11.5 Å². The second kappa shape index (κ2) is 9.21. The first-order chi connectivity index (χ1) is 13.6. The maximum absolute atomic E-state index is 12.9. The molecule has 2 amide bonds. The van der Waals surface area contributed by atoms with Crippen LogP contribution in [0.1, 0.15) is 22.3 Å². The van der Waals surface area contributed by atoms with Crippen LogP contribution in [0.2, 0.25) is 0 Å². The van der Waals surface area contributed by atoms with Gasteiger partial charge >= 0.3 is 0 Å². The molecule has 0 aliphatic carbocycles. The number of carbonyl (C=O) groups is 2. The average molecular weight is 386 g/mol. The molecule has 3 rings (SSSR count). The highest BCUT2D eigenvalue weighted by Crippen LogP contribution is 2.35. The van der Waals surface area contributed by atoms with E-state index in [-0.39, 0.29) is 30.7 Å². The number of para-hydroxylation sites is 1. The van der Waals surface area contributed by atoms with Crippen LogP contribution in [0.15, 0.2) is 42.5 Å². The Balaban J connectivity index is 1.39. The molecule has 148 valence electrons. The maximum Gasteiger partial charge on any atom is 0.251 e. The number of amides is 2. The summed E-state index contributed by atoms with van der Waals surface area (Å²) in [5.74, 6) is 0.795. The second-order valence-electron chi connectivity index (χ2n) is 6.65. The zero-order valence-electron chi connectivity index (χ0n) is 15.7. The number of rotatable bonds is 7. The van der Waals surface area contributed by atoms with Crippen molar-refractivity contribution < 1.29 is 23.5 Å². The van der Waals surface area contributed by atoms with Gasteiger partial charge < -0.3 is 20.1 Å². The van der Waals surface area contributed by atoms with Gasteiger partial charge in [0.1, 0.15) is 5.82 Å². The fourth-order valence-electron chi connectivity index (χ4n) is 3.09. The number of nitrogens with one attached hydrogen (secondary N) is 2. The van der Waals surface area contributed by atoms with E-state index in [0.29, 0.717) is 18.7 Å². The van der Waals surface area contributed by atoms with Gasteiger partial charge in [-0.2, -0.15) is 0 Å². The predicted molar refractivity (Wildman–Crippen MR) is 102 cm³/mol. The standard InChI is InChI=1S/C21H23FN2O4/c1-27-18-4-2-3-16-11-14(13-28-20(16)18)12-24-19(25)9-10-23-21(26)15-5-7-17(22)8-6-15/h2-8,14H,9-13H2,1H3,(H,23,26)(H,24,25)/t14-/m0/s1. The van der Waals surface area contributed by atoms with Crippen LogP contribution >= 0.6 is 0 Å². The van der Waals surface area contributed by atoms with Crippen molar-refractivity contribution in [2.75, 3.05) is 26.8 Å². The van der Waals surface area contributed by atoms with Crippen LogP contribution in [0.3, 0.4) is 0 Å². The summed E-state index contributed by atoms with van der Waals surface area (Å²) in [6, 6.07) is 11.0. The number of carbonyl (C=O) groups excluding carboxylic acids is 2. The quantitative estimate of drug-likeness (QED) is 0.766. The van der Waals surface area contributed by atoms with Crippen molar-refractivity contribution in [2.45, 2.75) is 12.8 Å². The van der Waals surface area contributed by atoms with Crippen molar-refractivity contribution in [3.63, 3.8) is 0 Å². The Morgan fingerprint density at radius 2 is 1.96 bits per heavy atom. The van der Waals surface area contributed by atoms with Crippen LogP contribution in [0, 0.1) is 11.7 Å². The van der Waals surface area contributed by atoms with E-state index in [9.17, 15) is 14.0 Å². The highest BCUT2D eigenvalue weighted by Gasteiger charge is 2.23. The minimum atomic E-state index is -0.399. The highest BCUT2D eigenvalue weighted by molar-refractivity contribution is 5.94. The Morgan fingerprint density at radius 3 is 2.71 bits per heavy atom. The third kappa shape index (κ3) is 5.00. The van der Waals surface area contributed by atoms with E-state index in [0.717, 1.165) is 23.5 Å². The smallest absolute Gasteiger partial charge is 0.251 e. The number of fused-ring (bicyclic) bond motifs is 1. The lowest BCUT2D eigenvalue weighted by atomic mass is 9.96. The third-order valence-corrected chi connectivity index (χ3v) is 4.58. The monoisotopic (exact) mass is 386 g/mol. The largest absolute Gasteiger partial charge is 0.493 e. The molecule has 0 spiro atoms. The molecule has 1 aliphatic heterocycles. The number of hydrogen-bond acceptors (Lipinski definition) is 4. The van der Waals surface area contributed by atoms with Crippen molar-refractivity contribution >= 4 is 11.8 Å². The minimum Gasteiger partial charge on any atom is -0.493 e. The zero-order valence-corrected chi connectivity index (χ0v) is 15.7. The molecule has 0 radical (unpaired) electrons. The van der Waals surface area contributed by atoms with Crippen molar-refractivity contribution in [3.05, 3.63) is 59.4 Å². The topological polar surface area (TPSA) is 76.7 Å². The molecule has 1 atom stereocenters. The fraction of sp³-hybridized carbons (Fsp3) is 0.333. The highest BCUT2D eigenvalue weighted by atomic mass is 19.1. The number of ether oxygens (including phenoxy) is 2. The van der Waals surface area contributed by atoms with E-state index in [2.05, 4.69) is 10.6 Å². The summed E-state index contributed by atoms with van der Waals surface area (Å²) < 4.78 is 24.0. The van der Waals surface area contributed by atoms with Crippen LogP contribution in [-0.2, 0) is 11.2 Å². The average Bonchev–Trinajstić information content (AvgIpc) is 2.72. The summed E-state index contributed by atoms with van der Waals surface area (Å²) in [5.41, 5.74) is 1.42. The third-order valence-electron chi connectivity index (χ3n) is 4.58. The molecule has 1 aliphatic rings. The second-order valence-corrected chi connectivity index (χ2v) is 6.65. The van der Waals surface area contributed by atoms with E-state index in [4.69, 9.17) is 9.47 Å². The van der Waals surface area contributed by atoms with Gasteiger partial charge in [0.15, 0.2) is 11.5 Å². The van der Waals surface area contributed by atoms with Gasteiger partial charge in [0.25, 0.3) is 5.91 Å². The molecule has 1 heterocycles. The molecule has 0 unspecified atom stereocenters. The van der Waals surface area contributed by atoms with E-state index in [1.807, 2.05) is 18.2 Å².